The van der Waals surface area contributed by atoms with E-state index in [-0.39, 0.29) is 5.60 Å². The van der Waals surface area contributed by atoms with Gasteiger partial charge in [0.2, 0.25) is 0 Å². The van der Waals surface area contributed by atoms with Crippen molar-refractivity contribution >= 4 is 0 Å². The first-order valence-corrected chi connectivity index (χ1v) is 7.28. The van der Waals surface area contributed by atoms with Crippen LogP contribution in [0.1, 0.15) is 52.9 Å². The van der Waals surface area contributed by atoms with Crippen LogP contribution in [0.5, 0.6) is 0 Å². The smallest absolute Gasteiger partial charge is 0.0637 e. The zero-order chi connectivity index (χ0) is 12.5. The number of ether oxygens (including phenoxy) is 1. The first-order valence-electron chi connectivity index (χ1n) is 7.28. The molecule has 2 fully saturated rings. The molecule has 4 atom stereocenters. The Kier molecular flexibility index (Phi) is 4.14. The molecule has 0 radical (unpaired) electrons. The van der Waals surface area contributed by atoms with Gasteiger partial charge in [0.1, 0.15) is 0 Å². The monoisotopic (exact) mass is 239 g/mol. The summed E-state index contributed by atoms with van der Waals surface area (Å²) < 4.78 is 5.49. The van der Waals surface area contributed by atoms with E-state index in [2.05, 4.69) is 26.1 Å². The predicted molar refractivity (Wildman–Crippen MR) is 72.1 cm³/mol. The molecule has 2 bridgehead atoms. The second kappa shape index (κ2) is 5.27. The second-order valence-electron chi connectivity index (χ2n) is 6.91. The van der Waals surface area contributed by atoms with Crippen molar-refractivity contribution in [2.45, 2.75) is 64.5 Å². The molecule has 0 saturated heterocycles. The lowest BCUT2D eigenvalue weighted by Crippen LogP contribution is -2.38. The molecule has 2 nitrogen and oxygen atoms in total. The second-order valence-corrected chi connectivity index (χ2v) is 6.91. The fourth-order valence-corrected chi connectivity index (χ4v) is 3.87. The van der Waals surface area contributed by atoms with Crippen LogP contribution in [0, 0.1) is 17.8 Å². The Hall–Kier alpha value is -0.0800. The average molecular weight is 239 g/mol. The highest BCUT2D eigenvalue weighted by Crippen LogP contribution is 2.47. The molecule has 0 spiro atoms. The van der Waals surface area contributed by atoms with Gasteiger partial charge in [-0.15, -0.1) is 0 Å². The van der Waals surface area contributed by atoms with E-state index in [1.807, 2.05) is 7.11 Å². The van der Waals surface area contributed by atoms with Crippen LogP contribution in [-0.4, -0.2) is 25.3 Å². The SMILES string of the molecule is COC(C)(C)CC(C)NCC1CC2CCC1C2. The van der Waals surface area contributed by atoms with Crippen LogP contribution in [0.25, 0.3) is 0 Å². The molecule has 0 amide bonds. The molecule has 2 aliphatic rings. The van der Waals surface area contributed by atoms with Gasteiger partial charge in [-0.2, -0.15) is 0 Å². The van der Waals surface area contributed by atoms with Crippen LogP contribution in [0.2, 0.25) is 0 Å². The van der Waals surface area contributed by atoms with Crippen LogP contribution in [0.3, 0.4) is 0 Å². The summed E-state index contributed by atoms with van der Waals surface area (Å²) in [6.07, 6.45) is 7.09. The molecule has 2 rings (SSSR count). The Bertz CT molecular complexity index is 251. The highest BCUT2D eigenvalue weighted by Gasteiger charge is 2.39. The molecular weight excluding hydrogens is 210 g/mol. The fraction of sp³-hybridized carbons (Fsp3) is 1.00. The largest absolute Gasteiger partial charge is 0.379 e. The maximum Gasteiger partial charge on any atom is 0.0637 e. The minimum absolute atomic E-state index is 0.00109. The number of nitrogens with one attached hydrogen (secondary N) is 1. The molecule has 0 aromatic heterocycles. The van der Waals surface area contributed by atoms with Gasteiger partial charge < -0.3 is 10.1 Å². The summed E-state index contributed by atoms with van der Waals surface area (Å²) in [4.78, 5) is 0. The Balaban J connectivity index is 1.68. The third-order valence-electron chi connectivity index (χ3n) is 4.96. The van der Waals surface area contributed by atoms with Crippen molar-refractivity contribution in [1.82, 2.24) is 5.32 Å². The number of hydrogen-bond acceptors (Lipinski definition) is 2. The van der Waals surface area contributed by atoms with Gasteiger partial charge in [0.25, 0.3) is 0 Å². The predicted octanol–water partition coefficient (Wildman–Crippen LogP) is 3.22. The van der Waals surface area contributed by atoms with Gasteiger partial charge >= 0.3 is 0 Å². The average Bonchev–Trinajstić information content (AvgIpc) is 2.87. The topological polar surface area (TPSA) is 21.3 Å². The number of methoxy groups -OCH3 is 1. The van der Waals surface area contributed by atoms with E-state index >= 15 is 0 Å². The molecule has 100 valence electrons. The van der Waals surface area contributed by atoms with Crippen molar-refractivity contribution in [3.05, 3.63) is 0 Å². The van der Waals surface area contributed by atoms with Crippen molar-refractivity contribution in [2.24, 2.45) is 17.8 Å². The van der Waals surface area contributed by atoms with Crippen molar-refractivity contribution in [3.63, 3.8) is 0 Å². The van der Waals surface area contributed by atoms with Gasteiger partial charge in [0.05, 0.1) is 5.60 Å². The van der Waals surface area contributed by atoms with E-state index in [1.165, 1.54) is 32.2 Å². The fourth-order valence-electron chi connectivity index (χ4n) is 3.87. The summed E-state index contributed by atoms with van der Waals surface area (Å²) in [5, 5.41) is 3.72. The van der Waals surface area contributed by atoms with Gasteiger partial charge in [-0.05, 0) is 70.8 Å². The van der Waals surface area contributed by atoms with Crippen LogP contribution < -0.4 is 5.32 Å². The first-order chi connectivity index (χ1) is 8.00. The molecule has 0 aromatic rings. The Morgan fingerprint density at radius 1 is 1.29 bits per heavy atom. The zero-order valence-electron chi connectivity index (χ0n) is 12.0. The normalized spacial score (nSPS) is 34.2. The molecule has 17 heavy (non-hydrogen) atoms. The van der Waals surface area contributed by atoms with Crippen molar-refractivity contribution < 1.29 is 4.74 Å². The summed E-state index contributed by atoms with van der Waals surface area (Å²) in [5.41, 5.74) is 0.00109. The van der Waals surface area contributed by atoms with E-state index in [9.17, 15) is 0 Å². The van der Waals surface area contributed by atoms with Gasteiger partial charge in [0, 0.05) is 13.2 Å². The molecule has 2 saturated carbocycles. The molecule has 0 heterocycles. The van der Waals surface area contributed by atoms with Gasteiger partial charge in [0.15, 0.2) is 0 Å². The highest BCUT2D eigenvalue weighted by atomic mass is 16.5. The number of hydrogen-bond donors (Lipinski definition) is 1. The van der Waals surface area contributed by atoms with Crippen LogP contribution in [0.15, 0.2) is 0 Å². The quantitative estimate of drug-likeness (QED) is 0.768. The highest BCUT2D eigenvalue weighted by molar-refractivity contribution is 4.91. The maximum absolute atomic E-state index is 5.49. The molecular formula is C15H29NO. The number of rotatable bonds is 6. The maximum atomic E-state index is 5.49. The third kappa shape index (κ3) is 3.45. The molecule has 0 aliphatic heterocycles. The van der Waals surface area contributed by atoms with E-state index in [0.29, 0.717) is 6.04 Å². The van der Waals surface area contributed by atoms with E-state index in [4.69, 9.17) is 4.74 Å². The molecule has 0 aromatic carbocycles. The minimum Gasteiger partial charge on any atom is -0.379 e. The molecule has 4 unspecified atom stereocenters. The van der Waals surface area contributed by atoms with Gasteiger partial charge in [-0.3, -0.25) is 0 Å². The lowest BCUT2D eigenvalue weighted by Gasteiger charge is -2.29. The van der Waals surface area contributed by atoms with Gasteiger partial charge in [-0.25, -0.2) is 0 Å². The molecule has 2 aliphatic carbocycles. The van der Waals surface area contributed by atoms with Crippen LogP contribution in [0.4, 0.5) is 0 Å². The van der Waals surface area contributed by atoms with E-state index in [1.54, 1.807) is 0 Å². The molecule has 1 N–H and O–H groups in total. The van der Waals surface area contributed by atoms with Crippen molar-refractivity contribution in [1.29, 1.82) is 0 Å². The minimum atomic E-state index is 0.00109. The lowest BCUT2D eigenvalue weighted by atomic mass is 9.88. The lowest BCUT2D eigenvalue weighted by molar-refractivity contribution is 0.00813. The Morgan fingerprint density at radius 2 is 2.06 bits per heavy atom. The zero-order valence-corrected chi connectivity index (χ0v) is 12.0. The van der Waals surface area contributed by atoms with Crippen molar-refractivity contribution in [2.75, 3.05) is 13.7 Å². The third-order valence-corrected chi connectivity index (χ3v) is 4.96. The molecule has 2 heteroatoms. The standard InChI is InChI=1S/C15H29NO/c1-11(9-15(2,3)17-4)16-10-14-8-12-5-6-13(14)7-12/h11-14,16H,5-10H2,1-4H3. The summed E-state index contributed by atoms with van der Waals surface area (Å²) in [5.74, 6) is 3.06. The summed E-state index contributed by atoms with van der Waals surface area (Å²) in [7, 11) is 1.81. The van der Waals surface area contributed by atoms with Crippen molar-refractivity contribution in [3.8, 4) is 0 Å². The van der Waals surface area contributed by atoms with E-state index < -0.39 is 0 Å². The number of fused-ring (bicyclic) bond motifs is 2. The van der Waals surface area contributed by atoms with Crippen LogP contribution >= 0.6 is 0 Å². The Labute approximate surface area is 107 Å². The van der Waals surface area contributed by atoms with Crippen LogP contribution in [-0.2, 0) is 4.74 Å². The first kappa shape index (κ1) is 13.4. The summed E-state index contributed by atoms with van der Waals surface area (Å²) >= 11 is 0. The van der Waals surface area contributed by atoms with Gasteiger partial charge in [-0.1, -0.05) is 6.42 Å². The Morgan fingerprint density at radius 3 is 2.59 bits per heavy atom. The van der Waals surface area contributed by atoms with E-state index in [0.717, 1.165) is 24.2 Å². The summed E-state index contributed by atoms with van der Waals surface area (Å²) in [6.45, 7) is 7.85. The summed E-state index contributed by atoms with van der Waals surface area (Å²) in [6, 6.07) is 0.559.